The summed E-state index contributed by atoms with van der Waals surface area (Å²) in [6.07, 6.45) is -20.1. The molecule has 238 valence electrons. The molecule has 1 aliphatic rings. The Bertz CT molecular complexity index is 1670. The summed E-state index contributed by atoms with van der Waals surface area (Å²) in [7, 11) is 0. The molecule has 3 aromatic rings. The van der Waals surface area contributed by atoms with Crippen LogP contribution in [0, 0.1) is 18.0 Å². The maximum Gasteiger partial charge on any atom is 0.416 e. The van der Waals surface area contributed by atoms with Gasteiger partial charge >= 0.3 is 24.7 Å². The zero-order valence-corrected chi connectivity index (χ0v) is 21.9. The average Bonchev–Trinajstić information content (AvgIpc) is 2.94. The summed E-state index contributed by atoms with van der Waals surface area (Å²) in [5, 5.41) is 12.8. The van der Waals surface area contributed by atoms with Crippen molar-refractivity contribution < 1.29 is 62.2 Å². The van der Waals surface area contributed by atoms with E-state index in [9.17, 15) is 57.9 Å². The van der Waals surface area contributed by atoms with Gasteiger partial charge < -0.3 is 9.47 Å². The first-order valence-corrected chi connectivity index (χ1v) is 11.9. The van der Waals surface area contributed by atoms with E-state index in [1.165, 1.54) is 30.5 Å². The Balaban J connectivity index is 2.07. The Morgan fingerprint density at radius 2 is 0.935 bits per heavy atom. The summed E-state index contributed by atoms with van der Waals surface area (Å²) in [5.41, 5.74) is -9.17. The minimum atomic E-state index is -5.36. The molecule has 0 fully saturated rings. The highest BCUT2D eigenvalue weighted by Gasteiger charge is 2.41. The van der Waals surface area contributed by atoms with Gasteiger partial charge in [0.05, 0.1) is 27.4 Å². The third kappa shape index (κ3) is 7.06. The molecule has 6 nitrogen and oxygen atoms in total. The third-order valence-corrected chi connectivity index (χ3v) is 5.95. The molecule has 0 N–H and O–H groups in total. The summed E-state index contributed by atoms with van der Waals surface area (Å²) in [6.45, 7) is 7.18. The summed E-state index contributed by atoms with van der Waals surface area (Å²) >= 11 is 0. The van der Waals surface area contributed by atoms with Crippen molar-refractivity contribution in [3.05, 3.63) is 117 Å². The number of ether oxygens (including phenoxy) is 2. The number of hydrogen-bond donors (Lipinski definition) is 0. The van der Waals surface area contributed by atoms with Gasteiger partial charge in [0.2, 0.25) is 12.0 Å². The molecule has 0 radical (unpaired) electrons. The second-order valence-electron chi connectivity index (χ2n) is 9.00. The van der Waals surface area contributed by atoms with Crippen molar-refractivity contribution in [2.45, 2.75) is 24.7 Å². The van der Waals surface area contributed by atoms with Crippen molar-refractivity contribution in [2.75, 3.05) is 0 Å². The molecule has 0 aromatic heterocycles. The molecule has 46 heavy (non-hydrogen) atoms. The van der Waals surface area contributed by atoms with Gasteiger partial charge in [0.25, 0.3) is 0 Å². The molecular formula is C28H10F12N4O2. The molecule has 18 heteroatoms. The first-order chi connectivity index (χ1) is 21.2. The molecule has 0 bridgehead atoms. The smallest absolute Gasteiger partial charge is 0.416 e. The lowest BCUT2D eigenvalue weighted by Crippen LogP contribution is -2.29. The van der Waals surface area contributed by atoms with Gasteiger partial charge in [-0.15, -0.1) is 4.95 Å². The van der Waals surface area contributed by atoms with Crippen LogP contribution in [0.2, 0.25) is 0 Å². The number of nitrogens with zero attached hydrogens (tertiary/aromatic N) is 4. The highest BCUT2D eigenvalue weighted by Crippen LogP contribution is 2.42. The van der Waals surface area contributed by atoms with Crippen molar-refractivity contribution in [2.24, 2.45) is 10.1 Å². The summed E-state index contributed by atoms with van der Waals surface area (Å²) in [4.78, 5) is 6.24. The highest BCUT2D eigenvalue weighted by atomic mass is 19.4. The van der Waals surface area contributed by atoms with E-state index in [-0.39, 0.29) is 47.5 Å². The number of alkyl halides is 12. The summed E-state index contributed by atoms with van der Waals surface area (Å²) in [5.74, 6) is -4.57. The molecular weight excluding hydrogens is 652 g/mol. The van der Waals surface area contributed by atoms with Crippen molar-refractivity contribution >= 4 is 11.4 Å². The fourth-order valence-corrected chi connectivity index (χ4v) is 4.06. The fourth-order valence-electron chi connectivity index (χ4n) is 4.06. The second-order valence-corrected chi connectivity index (χ2v) is 9.00. The topological polar surface area (TPSA) is 71.3 Å². The van der Waals surface area contributed by atoms with Crippen LogP contribution in [0.1, 0.15) is 33.4 Å². The van der Waals surface area contributed by atoms with E-state index in [0.717, 1.165) is 0 Å². The lowest BCUT2D eigenvalue weighted by Gasteiger charge is -2.25. The van der Waals surface area contributed by atoms with Crippen LogP contribution in [-0.2, 0) is 24.7 Å². The van der Waals surface area contributed by atoms with Crippen LogP contribution < -0.4 is 9.47 Å². The molecule has 0 saturated heterocycles. The van der Waals surface area contributed by atoms with Crippen LogP contribution in [0.5, 0.6) is 11.5 Å². The number of benzene rings is 3. The van der Waals surface area contributed by atoms with Crippen molar-refractivity contribution in [3.63, 3.8) is 0 Å². The zero-order chi connectivity index (χ0) is 34.2. The van der Waals surface area contributed by atoms with Gasteiger partial charge in [-0.25, -0.2) is 0 Å². The predicted octanol–water partition coefficient (Wildman–Crippen LogP) is 9.04. The van der Waals surface area contributed by atoms with Gasteiger partial charge in [-0.3, -0.25) is 0 Å². The number of halogens is 12. The van der Waals surface area contributed by atoms with Gasteiger partial charge in [-0.1, -0.05) is 24.3 Å². The summed E-state index contributed by atoms with van der Waals surface area (Å²) < 4.78 is 173. The van der Waals surface area contributed by atoms with Crippen molar-refractivity contribution in [3.8, 4) is 17.7 Å². The standard InChI is InChI=1S/C28H10F12N4O2/c1-42-44-22-20-5-3-2-4-19(20)21(43-12-41)23(45-17-8-13(25(29,30)31)6-14(9-17)26(32,33)34)24(22)46-18-10-15(27(35,36)37)7-16(11-18)28(38,39)40/h2-11H. The van der Waals surface area contributed by atoms with Crippen LogP contribution in [0.25, 0.3) is 4.95 Å². The minimum absolute atomic E-state index is 0.0993. The molecule has 0 atom stereocenters. The zero-order valence-electron chi connectivity index (χ0n) is 21.9. The Labute approximate surface area is 248 Å². The van der Waals surface area contributed by atoms with Gasteiger partial charge in [0.15, 0.2) is 11.5 Å². The average molecular weight is 662 g/mol. The van der Waals surface area contributed by atoms with Gasteiger partial charge in [-0.2, -0.15) is 69.5 Å². The second kappa shape index (κ2) is 11.8. The number of aliphatic imine (C=N–C) groups is 1. The van der Waals surface area contributed by atoms with Crippen LogP contribution in [0.15, 0.2) is 82.3 Å². The quantitative estimate of drug-likeness (QED) is 0.121. The van der Waals surface area contributed by atoms with Gasteiger partial charge in [0, 0.05) is 11.1 Å². The van der Waals surface area contributed by atoms with Crippen LogP contribution in [-0.4, -0.2) is 11.4 Å². The van der Waals surface area contributed by atoms with Crippen LogP contribution in [0.3, 0.4) is 0 Å². The normalized spacial score (nSPS) is 15.8. The van der Waals surface area contributed by atoms with E-state index < -0.39 is 81.4 Å². The van der Waals surface area contributed by atoms with Gasteiger partial charge in [0.1, 0.15) is 17.2 Å². The predicted molar refractivity (Wildman–Crippen MR) is 133 cm³/mol. The number of rotatable bonds is 4. The van der Waals surface area contributed by atoms with Crippen LogP contribution in [0.4, 0.5) is 52.7 Å². The molecule has 3 aromatic carbocycles. The number of nitriles is 1. The minimum Gasteiger partial charge on any atom is -0.451 e. The maximum atomic E-state index is 13.5. The van der Waals surface area contributed by atoms with Crippen molar-refractivity contribution in [1.82, 2.24) is 0 Å². The lowest BCUT2D eigenvalue weighted by atomic mass is 9.90. The molecule has 0 amide bonds. The molecule has 0 saturated carbocycles. The summed E-state index contributed by atoms with van der Waals surface area (Å²) in [6, 6.07) is 4.95. The molecule has 4 rings (SSSR count). The highest BCUT2D eigenvalue weighted by molar-refractivity contribution is 6.29. The third-order valence-electron chi connectivity index (χ3n) is 5.95. The largest absolute Gasteiger partial charge is 0.451 e. The van der Waals surface area contributed by atoms with E-state index in [1.54, 1.807) is 0 Å². The van der Waals surface area contributed by atoms with E-state index in [2.05, 4.69) is 15.0 Å². The first kappa shape index (κ1) is 33.4. The molecule has 0 heterocycles. The molecule has 0 spiro atoms. The fraction of sp³-hybridized carbons (Fsp3) is 0.143. The van der Waals surface area contributed by atoms with E-state index in [0.29, 0.717) is 0 Å². The first-order valence-electron chi connectivity index (χ1n) is 11.9. The number of hydrogen-bond acceptors (Lipinski definition) is 5. The Morgan fingerprint density at radius 3 is 1.26 bits per heavy atom. The van der Waals surface area contributed by atoms with E-state index >= 15 is 0 Å². The SMILES string of the molecule is [C-]#[N+]N=C1C(Oc2cc(C(F)(F)F)cc(C(F)(F)F)c2)=C(Oc2cc(C(F)(F)F)cc(C(F)(F)F)c2)C(=NC#N)c2ccccc21. The molecule has 0 unspecified atom stereocenters. The Kier molecular flexibility index (Phi) is 8.54. The Hall–Kier alpha value is -5.52. The number of fused-ring (bicyclic) bond motifs is 1. The van der Waals surface area contributed by atoms with Gasteiger partial charge in [-0.05, 0) is 36.4 Å². The maximum absolute atomic E-state index is 13.5. The van der Waals surface area contributed by atoms with E-state index in [4.69, 9.17) is 16.0 Å². The van der Waals surface area contributed by atoms with E-state index in [1.807, 2.05) is 0 Å². The lowest BCUT2D eigenvalue weighted by molar-refractivity contribution is -0.144. The monoisotopic (exact) mass is 662 g/mol. The number of allylic oxidation sites excluding steroid dienone is 2. The Morgan fingerprint density at radius 1 is 0.587 bits per heavy atom. The van der Waals surface area contributed by atoms with Crippen LogP contribution >= 0.6 is 0 Å². The molecule has 0 aliphatic heterocycles. The van der Waals surface area contributed by atoms with Crippen molar-refractivity contribution in [1.29, 1.82) is 5.26 Å². The molecule has 1 aliphatic carbocycles.